The van der Waals surface area contributed by atoms with Gasteiger partial charge in [0.05, 0.1) is 12.2 Å². The summed E-state index contributed by atoms with van der Waals surface area (Å²) in [6, 6.07) is 5.00. The van der Waals surface area contributed by atoms with Crippen molar-refractivity contribution in [2.45, 2.75) is 20.4 Å². The molecule has 0 saturated heterocycles. The van der Waals surface area contributed by atoms with Gasteiger partial charge in [-0.25, -0.2) is 9.37 Å². The van der Waals surface area contributed by atoms with Gasteiger partial charge in [0.25, 0.3) is 0 Å². The summed E-state index contributed by atoms with van der Waals surface area (Å²) < 4.78 is 14.4. The molecule has 6 heteroatoms. The second-order valence-electron chi connectivity index (χ2n) is 4.26. The van der Waals surface area contributed by atoms with Crippen molar-refractivity contribution in [2.75, 3.05) is 23.3 Å². The van der Waals surface area contributed by atoms with E-state index in [0.29, 0.717) is 12.2 Å². The van der Waals surface area contributed by atoms with Crippen LogP contribution < -0.4 is 10.2 Å². The van der Waals surface area contributed by atoms with Crippen LogP contribution in [0.25, 0.3) is 0 Å². The highest BCUT2D eigenvalue weighted by atomic mass is 79.9. The molecule has 2 rings (SSSR count). The number of aromatic nitrogens is 1. The number of benzene rings is 1. The smallest absolute Gasteiger partial charge is 0.185 e. The van der Waals surface area contributed by atoms with Crippen LogP contribution in [0.1, 0.15) is 18.7 Å². The van der Waals surface area contributed by atoms with Crippen LogP contribution in [-0.4, -0.2) is 18.1 Å². The van der Waals surface area contributed by atoms with Gasteiger partial charge >= 0.3 is 0 Å². The zero-order chi connectivity index (χ0) is 14.5. The van der Waals surface area contributed by atoms with Gasteiger partial charge in [-0.15, -0.1) is 11.3 Å². The molecule has 1 N–H and O–H groups in total. The third-order valence-electron chi connectivity index (χ3n) is 2.96. The second-order valence-corrected chi connectivity index (χ2v) is 6.27. The molecule has 0 saturated carbocycles. The van der Waals surface area contributed by atoms with Crippen molar-refractivity contribution in [3.05, 3.63) is 39.6 Å². The van der Waals surface area contributed by atoms with E-state index in [4.69, 9.17) is 0 Å². The highest BCUT2D eigenvalue weighted by molar-refractivity contribution is 9.10. The highest BCUT2D eigenvalue weighted by Crippen LogP contribution is 2.24. The maximum atomic E-state index is 13.7. The summed E-state index contributed by atoms with van der Waals surface area (Å²) in [6.07, 6.45) is 1.85. The molecule has 20 heavy (non-hydrogen) atoms. The van der Waals surface area contributed by atoms with Crippen molar-refractivity contribution in [3.8, 4) is 0 Å². The normalized spacial score (nSPS) is 10.6. The Kier molecular flexibility index (Phi) is 5.37. The zero-order valence-corrected chi connectivity index (χ0v) is 13.9. The fourth-order valence-corrected chi connectivity index (χ4v) is 3.14. The van der Waals surface area contributed by atoms with Crippen molar-refractivity contribution >= 4 is 38.1 Å². The molecular weight excluding hydrogens is 341 g/mol. The number of nitrogens with one attached hydrogen (secondary N) is 1. The Morgan fingerprint density at radius 3 is 2.75 bits per heavy atom. The average Bonchev–Trinajstić information content (AvgIpc) is 2.88. The predicted octanol–water partition coefficient (Wildman–Crippen LogP) is 4.50. The molecule has 0 atom stereocenters. The lowest BCUT2D eigenvalue weighted by atomic mass is 10.3. The Balaban J connectivity index is 2.00. The molecule has 1 aromatic carbocycles. The molecule has 0 spiro atoms. The van der Waals surface area contributed by atoms with Gasteiger partial charge in [0.2, 0.25) is 0 Å². The molecule has 1 heterocycles. The van der Waals surface area contributed by atoms with Crippen LogP contribution in [-0.2, 0) is 6.54 Å². The summed E-state index contributed by atoms with van der Waals surface area (Å²) in [5, 5.41) is 4.12. The van der Waals surface area contributed by atoms with Crippen LogP contribution >= 0.6 is 27.3 Å². The summed E-state index contributed by atoms with van der Waals surface area (Å²) in [5.74, 6) is -0.257. The maximum Gasteiger partial charge on any atom is 0.185 e. The number of thiazole rings is 1. The van der Waals surface area contributed by atoms with Crippen molar-refractivity contribution in [3.63, 3.8) is 0 Å². The third kappa shape index (κ3) is 3.70. The Morgan fingerprint density at radius 1 is 1.35 bits per heavy atom. The molecule has 0 fully saturated rings. The molecule has 0 bridgehead atoms. The van der Waals surface area contributed by atoms with E-state index in [9.17, 15) is 4.39 Å². The van der Waals surface area contributed by atoms with Gasteiger partial charge in [-0.05, 0) is 32.0 Å². The minimum atomic E-state index is -0.257. The number of anilines is 2. The fourth-order valence-electron chi connectivity index (χ4n) is 1.83. The zero-order valence-electron chi connectivity index (χ0n) is 11.5. The summed E-state index contributed by atoms with van der Waals surface area (Å²) in [4.78, 5) is 7.70. The first-order valence-corrected chi connectivity index (χ1v) is 8.13. The third-order valence-corrected chi connectivity index (χ3v) is 4.51. The number of rotatable bonds is 6. The van der Waals surface area contributed by atoms with E-state index in [0.717, 1.165) is 27.6 Å². The summed E-state index contributed by atoms with van der Waals surface area (Å²) in [7, 11) is 0. The first kappa shape index (κ1) is 15.3. The molecule has 1 aromatic heterocycles. The Bertz CT molecular complexity index is 569. The van der Waals surface area contributed by atoms with E-state index < -0.39 is 0 Å². The minimum absolute atomic E-state index is 0.257. The van der Waals surface area contributed by atoms with E-state index in [1.54, 1.807) is 17.4 Å². The Labute approximate surface area is 131 Å². The maximum absolute atomic E-state index is 13.7. The highest BCUT2D eigenvalue weighted by Gasteiger charge is 2.08. The monoisotopic (exact) mass is 357 g/mol. The van der Waals surface area contributed by atoms with Crippen molar-refractivity contribution in [1.29, 1.82) is 0 Å². The summed E-state index contributed by atoms with van der Waals surface area (Å²) in [5.41, 5.74) is 0.506. The van der Waals surface area contributed by atoms with E-state index in [2.05, 4.69) is 45.0 Å². The lowest BCUT2D eigenvalue weighted by Crippen LogP contribution is -2.21. The van der Waals surface area contributed by atoms with Crippen molar-refractivity contribution < 1.29 is 4.39 Å². The fraction of sp³-hybridized carbons (Fsp3) is 0.357. The van der Waals surface area contributed by atoms with Crippen LogP contribution in [0.2, 0.25) is 0 Å². The first-order chi connectivity index (χ1) is 9.63. The summed E-state index contributed by atoms with van der Waals surface area (Å²) >= 11 is 4.89. The van der Waals surface area contributed by atoms with E-state index in [1.165, 1.54) is 6.07 Å². The molecule has 108 valence electrons. The molecule has 0 radical (unpaired) electrons. The Hall–Kier alpha value is -1.14. The van der Waals surface area contributed by atoms with Crippen LogP contribution in [0, 0.1) is 5.82 Å². The van der Waals surface area contributed by atoms with Crippen LogP contribution in [0.3, 0.4) is 0 Å². The van der Waals surface area contributed by atoms with E-state index in [1.807, 2.05) is 12.3 Å². The molecule has 3 nitrogen and oxygen atoms in total. The minimum Gasteiger partial charge on any atom is -0.378 e. The predicted molar refractivity (Wildman–Crippen MR) is 87.1 cm³/mol. The topological polar surface area (TPSA) is 28.2 Å². The van der Waals surface area contributed by atoms with Crippen LogP contribution in [0.4, 0.5) is 15.2 Å². The number of hydrogen-bond acceptors (Lipinski definition) is 4. The average molecular weight is 358 g/mol. The van der Waals surface area contributed by atoms with E-state index in [-0.39, 0.29) is 5.82 Å². The van der Waals surface area contributed by atoms with Gasteiger partial charge in [0, 0.05) is 28.6 Å². The Morgan fingerprint density at radius 2 is 2.10 bits per heavy atom. The number of nitrogens with zero attached hydrogens (tertiary/aromatic N) is 2. The van der Waals surface area contributed by atoms with Gasteiger partial charge in [-0.1, -0.05) is 15.9 Å². The molecule has 0 aliphatic heterocycles. The van der Waals surface area contributed by atoms with Crippen LogP contribution in [0.15, 0.2) is 28.9 Å². The SMILES string of the molecule is CCN(CC)c1ncc(CNc2ccc(Br)cc2F)s1. The quantitative estimate of drug-likeness (QED) is 0.824. The molecule has 0 aliphatic carbocycles. The van der Waals surface area contributed by atoms with Gasteiger partial charge < -0.3 is 10.2 Å². The standard InChI is InChI=1S/C14H17BrFN3S/c1-3-19(4-2)14-18-9-11(20-14)8-17-13-6-5-10(15)7-12(13)16/h5-7,9,17H,3-4,8H2,1-2H3. The molecule has 2 aromatic rings. The van der Waals surface area contributed by atoms with Crippen molar-refractivity contribution in [1.82, 2.24) is 4.98 Å². The van der Waals surface area contributed by atoms with Gasteiger partial charge in [-0.2, -0.15) is 0 Å². The second kappa shape index (κ2) is 7.04. The largest absolute Gasteiger partial charge is 0.378 e. The lowest BCUT2D eigenvalue weighted by molar-refractivity contribution is 0.629. The molecular formula is C14H17BrFN3S. The lowest BCUT2D eigenvalue weighted by Gasteiger charge is -2.16. The number of halogens is 2. The van der Waals surface area contributed by atoms with Gasteiger partial charge in [-0.3, -0.25) is 0 Å². The van der Waals surface area contributed by atoms with Gasteiger partial charge in [0.1, 0.15) is 5.82 Å². The summed E-state index contributed by atoms with van der Waals surface area (Å²) in [6.45, 7) is 6.69. The van der Waals surface area contributed by atoms with Crippen molar-refractivity contribution in [2.24, 2.45) is 0 Å². The molecule has 0 aliphatic rings. The van der Waals surface area contributed by atoms with E-state index >= 15 is 0 Å². The van der Waals surface area contributed by atoms with Crippen LogP contribution in [0.5, 0.6) is 0 Å². The molecule has 0 unspecified atom stereocenters. The molecule has 0 amide bonds. The first-order valence-electron chi connectivity index (χ1n) is 6.52. The number of hydrogen-bond donors (Lipinski definition) is 1. The van der Waals surface area contributed by atoms with Gasteiger partial charge in [0.15, 0.2) is 5.13 Å².